The zero-order valence-electron chi connectivity index (χ0n) is 20.1. The van der Waals surface area contributed by atoms with E-state index in [0.29, 0.717) is 32.1 Å². The van der Waals surface area contributed by atoms with Crippen molar-refractivity contribution >= 4 is 11.9 Å². The van der Waals surface area contributed by atoms with Gasteiger partial charge in [-0.15, -0.1) is 0 Å². The Hall–Kier alpha value is -1.66. The second-order valence-electron chi connectivity index (χ2n) is 11.4. The quantitative estimate of drug-likeness (QED) is 0.390. The first kappa shape index (κ1) is 23.5. The topological polar surface area (TPSA) is 93.1 Å². The van der Waals surface area contributed by atoms with E-state index in [2.05, 4.69) is 13.5 Å². The Labute approximate surface area is 191 Å². The average Bonchev–Trinajstić information content (AvgIpc) is 2.95. The molecule has 4 fully saturated rings. The smallest absolute Gasteiger partial charge is 0.331 e. The van der Waals surface area contributed by atoms with Crippen molar-refractivity contribution in [1.82, 2.24) is 0 Å². The minimum Gasteiger partial charge on any atom is -0.469 e. The third kappa shape index (κ3) is 2.78. The molecule has 6 heteroatoms. The standard InChI is InChI=1S/C26H38O6/c1-15(2)13-20(28)32-21-16(3)17-7-12-26(30)23(4)10-9-19(27)24(5,22(29)31-6)18(23)8-11-25(21,26)14-17/h13,17-19,21,27,30H,3,7-12,14H2,1-2,4-6H3/t17-,18+,19+,21+,23-,24+,25+,26-/m1/s1. The van der Waals surface area contributed by atoms with Crippen LogP contribution < -0.4 is 0 Å². The van der Waals surface area contributed by atoms with Gasteiger partial charge in [0.25, 0.3) is 0 Å². The van der Waals surface area contributed by atoms with Gasteiger partial charge < -0.3 is 19.7 Å². The van der Waals surface area contributed by atoms with Crippen LogP contribution in [0.5, 0.6) is 0 Å². The Bertz CT molecular complexity index is 874. The number of ether oxygens (including phenoxy) is 2. The van der Waals surface area contributed by atoms with Gasteiger partial charge in [0, 0.05) is 16.9 Å². The van der Waals surface area contributed by atoms with E-state index in [9.17, 15) is 19.8 Å². The number of carbonyl (C=O) groups excluding carboxylic acids is 2. The number of hydrogen-bond acceptors (Lipinski definition) is 6. The first-order valence-corrected chi connectivity index (χ1v) is 11.9. The number of methoxy groups -OCH3 is 1. The molecule has 0 aromatic carbocycles. The van der Waals surface area contributed by atoms with E-state index in [-0.39, 0.29) is 11.8 Å². The van der Waals surface area contributed by atoms with Gasteiger partial charge in [-0.2, -0.15) is 0 Å². The Morgan fingerprint density at radius 1 is 1.12 bits per heavy atom. The van der Waals surface area contributed by atoms with Crippen molar-refractivity contribution in [3.8, 4) is 0 Å². The zero-order valence-corrected chi connectivity index (χ0v) is 20.1. The lowest BCUT2D eigenvalue weighted by Crippen LogP contribution is -2.72. The van der Waals surface area contributed by atoms with E-state index >= 15 is 0 Å². The molecule has 0 aliphatic heterocycles. The van der Waals surface area contributed by atoms with Crippen molar-refractivity contribution in [2.24, 2.45) is 28.1 Å². The van der Waals surface area contributed by atoms with Gasteiger partial charge in [-0.05, 0) is 83.1 Å². The van der Waals surface area contributed by atoms with Crippen LogP contribution in [0.4, 0.5) is 0 Å². The molecular weight excluding hydrogens is 408 g/mol. The minimum atomic E-state index is -1.13. The third-order valence-electron chi connectivity index (χ3n) is 9.86. The Morgan fingerprint density at radius 2 is 1.81 bits per heavy atom. The highest BCUT2D eigenvalue weighted by atomic mass is 16.5. The van der Waals surface area contributed by atoms with Crippen molar-refractivity contribution in [3.63, 3.8) is 0 Å². The molecule has 0 aromatic heterocycles. The summed E-state index contributed by atoms with van der Waals surface area (Å²) in [5, 5.41) is 23.5. The summed E-state index contributed by atoms with van der Waals surface area (Å²) in [5.74, 6) is -0.829. The molecule has 4 saturated carbocycles. The monoisotopic (exact) mass is 446 g/mol. The summed E-state index contributed by atoms with van der Waals surface area (Å²) in [7, 11) is 1.36. The largest absolute Gasteiger partial charge is 0.469 e. The molecule has 4 aliphatic carbocycles. The van der Waals surface area contributed by atoms with Crippen molar-refractivity contribution in [2.75, 3.05) is 7.11 Å². The molecule has 0 amide bonds. The predicted molar refractivity (Wildman–Crippen MR) is 119 cm³/mol. The number of fused-ring (bicyclic) bond motifs is 3. The highest BCUT2D eigenvalue weighted by molar-refractivity contribution is 5.83. The van der Waals surface area contributed by atoms with Gasteiger partial charge in [-0.25, -0.2) is 4.79 Å². The normalized spacial score (nSPS) is 47.2. The number of aliphatic hydroxyl groups excluding tert-OH is 1. The van der Waals surface area contributed by atoms with Gasteiger partial charge in [-0.3, -0.25) is 4.79 Å². The summed E-state index contributed by atoms with van der Waals surface area (Å²) in [5.41, 5.74) is -1.69. The Morgan fingerprint density at radius 3 is 2.44 bits per heavy atom. The van der Waals surface area contributed by atoms with Crippen LogP contribution in [0.2, 0.25) is 0 Å². The second-order valence-corrected chi connectivity index (χ2v) is 11.4. The average molecular weight is 447 g/mol. The molecule has 178 valence electrons. The number of aliphatic hydroxyl groups is 2. The summed E-state index contributed by atoms with van der Waals surface area (Å²) >= 11 is 0. The summed E-state index contributed by atoms with van der Waals surface area (Å²) in [6.45, 7) is 11.9. The highest BCUT2D eigenvalue weighted by Gasteiger charge is 2.76. The van der Waals surface area contributed by atoms with E-state index in [1.807, 2.05) is 13.8 Å². The number of allylic oxidation sites excluding steroid dienone is 1. The van der Waals surface area contributed by atoms with Crippen LogP contribution in [0.25, 0.3) is 0 Å². The maximum Gasteiger partial charge on any atom is 0.331 e. The Kier molecular flexibility index (Phi) is 5.45. The predicted octanol–water partition coefficient (Wildman–Crippen LogP) is 3.70. The molecule has 4 rings (SSSR count). The number of carbonyl (C=O) groups is 2. The van der Waals surface area contributed by atoms with Gasteiger partial charge >= 0.3 is 11.9 Å². The van der Waals surface area contributed by atoms with Crippen LogP contribution in [-0.2, 0) is 19.1 Å². The molecule has 32 heavy (non-hydrogen) atoms. The minimum absolute atomic E-state index is 0.223. The fourth-order valence-corrected chi connectivity index (χ4v) is 8.24. The molecule has 0 radical (unpaired) electrons. The van der Waals surface area contributed by atoms with Crippen molar-refractivity contribution in [3.05, 3.63) is 23.8 Å². The van der Waals surface area contributed by atoms with Crippen LogP contribution in [0.15, 0.2) is 23.8 Å². The van der Waals surface area contributed by atoms with Crippen LogP contribution in [0.1, 0.15) is 72.6 Å². The number of esters is 2. The first-order chi connectivity index (χ1) is 14.9. The molecule has 0 saturated heterocycles. The molecular formula is C26H38O6. The Balaban J connectivity index is 1.80. The van der Waals surface area contributed by atoms with E-state index in [1.54, 1.807) is 6.92 Å². The van der Waals surface area contributed by atoms with E-state index < -0.39 is 46.0 Å². The van der Waals surface area contributed by atoms with Gasteiger partial charge in [0.05, 0.1) is 24.2 Å². The van der Waals surface area contributed by atoms with Gasteiger partial charge in [-0.1, -0.05) is 19.1 Å². The van der Waals surface area contributed by atoms with Gasteiger partial charge in [0.15, 0.2) is 0 Å². The SMILES string of the molecule is C=C1[C@@H]2CC[C@]3(O)[C@@](CC[C@@H]4[C@](C)(C(=O)OC)[C@@H](O)CC[C@]43C)(C2)[C@H]1OC(=O)C=C(C)C. The van der Waals surface area contributed by atoms with Crippen molar-refractivity contribution in [1.29, 1.82) is 0 Å². The third-order valence-corrected chi connectivity index (χ3v) is 9.86. The van der Waals surface area contributed by atoms with E-state index in [4.69, 9.17) is 9.47 Å². The molecule has 2 N–H and O–H groups in total. The second kappa shape index (κ2) is 7.42. The van der Waals surface area contributed by atoms with Crippen molar-refractivity contribution < 1.29 is 29.3 Å². The fourth-order valence-electron chi connectivity index (χ4n) is 8.24. The molecule has 8 atom stereocenters. The molecule has 2 bridgehead atoms. The molecule has 6 nitrogen and oxygen atoms in total. The fraction of sp³-hybridized carbons (Fsp3) is 0.769. The molecule has 0 heterocycles. The summed E-state index contributed by atoms with van der Waals surface area (Å²) in [6, 6.07) is 0. The summed E-state index contributed by atoms with van der Waals surface area (Å²) < 4.78 is 11.2. The van der Waals surface area contributed by atoms with E-state index in [0.717, 1.165) is 24.0 Å². The number of hydrogen-bond donors (Lipinski definition) is 2. The lowest BCUT2D eigenvalue weighted by Gasteiger charge is -2.68. The molecule has 0 aromatic rings. The summed E-state index contributed by atoms with van der Waals surface area (Å²) in [6.07, 6.45) is 4.53. The maximum atomic E-state index is 12.9. The molecule has 4 aliphatic rings. The van der Waals surface area contributed by atoms with Crippen LogP contribution in [0.3, 0.4) is 0 Å². The van der Waals surface area contributed by atoms with Gasteiger partial charge in [0.2, 0.25) is 0 Å². The highest BCUT2D eigenvalue weighted by Crippen LogP contribution is 2.74. The maximum absolute atomic E-state index is 12.9. The number of rotatable bonds is 3. The lowest BCUT2D eigenvalue weighted by atomic mass is 9.38. The zero-order chi connectivity index (χ0) is 23.7. The molecule has 0 unspecified atom stereocenters. The van der Waals surface area contributed by atoms with Crippen LogP contribution >= 0.6 is 0 Å². The van der Waals surface area contributed by atoms with Crippen LogP contribution in [0, 0.1) is 28.1 Å². The lowest BCUT2D eigenvalue weighted by molar-refractivity contribution is -0.289. The van der Waals surface area contributed by atoms with Gasteiger partial charge in [0.1, 0.15) is 6.10 Å². The van der Waals surface area contributed by atoms with E-state index in [1.165, 1.54) is 13.2 Å². The van der Waals surface area contributed by atoms with Crippen molar-refractivity contribution in [2.45, 2.75) is 90.4 Å². The first-order valence-electron chi connectivity index (χ1n) is 11.9. The molecule has 1 spiro atoms. The van der Waals surface area contributed by atoms with Crippen LogP contribution in [-0.4, -0.2) is 47.1 Å². The summed E-state index contributed by atoms with van der Waals surface area (Å²) in [4.78, 5) is 25.6.